The van der Waals surface area contributed by atoms with Crippen molar-refractivity contribution in [3.63, 3.8) is 0 Å². The Morgan fingerprint density at radius 1 is 1.03 bits per heavy atom. The van der Waals surface area contributed by atoms with Crippen LogP contribution in [-0.4, -0.2) is 64.0 Å². The summed E-state index contributed by atoms with van der Waals surface area (Å²) < 4.78 is 23.2. The van der Waals surface area contributed by atoms with Gasteiger partial charge < -0.3 is 34.1 Å². The highest BCUT2D eigenvalue weighted by atomic mass is 16.5. The largest absolute Gasteiger partial charge is 0.492 e. The molecular formula is C25H31N3O6. The lowest BCUT2D eigenvalue weighted by Crippen LogP contribution is -2.48. The first-order valence-corrected chi connectivity index (χ1v) is 11.6. The topological polar surface area (TPSA) is 89.6 Å². The maximum atomic E-state index is 13.3. The van der Waals surface area contributed by atoms with E-state index in [1.54, 1.807) is 23.1 Å². The van der Waals surface area contributed by atoms with Crippen molar-refractivity contribution < 1.29 is 28.5 Å². The summed E-state index contributed by atoms with van der Waals surface area (Å²) in [5, 5.41) is 2.93. The van der Waals surface area contributed by atoms with E-state index in [1.807, 2.05) is 32.0 Å². The molecule has 2 aromatic carbocycles. The molecule has 0 aromatic heterocycles. The van der Waals surface area contributed by atoms with Gasteiger partial charge in [-0.3, -0.25) is 9.59 Å². The van der Waals surface area contributed by atoms with Gasteiger partial charge in [0.05, 0.1) is 50.0 Å². The SMILES string of the molecule is CCOc1cc(N2CCOCC2)c(OCC)cc1NC(=O)C1CN(C(C)=O)c2ccccc2O1. The normalized spacial score (nSPS) is 17.4. The molecule has 4 rings (SSSR count). The predicted octanol–water partition coefficient (Wildman–Crippen LogP) is 3.07. The van der Waals surface area contributed by atoms with E-state index in [-0.39, 0.29) is 18.4 Å². The summed E-state index contributed by atoms with van der Waals surface area (Å²) in [7, 11) is 0. The number of carbonyl (C=O) groups is 2. The van der Waals surface area contributed by atoms with Gasteiger partial charge in [-0.15, -0.1) is 0 Å². The fraction of sp³-hybridized carbons (Fsp3) is 0.440. The number of benzene rings is 2. The van der Waals surface area contributed by atoms with Crippen molar-refractivity contribution in [2.45, 2.75) is 26.9 Å². The third-order valence-corrected chi connectivity index (χ3v) is 5.72. The molecule has 34 heavy (non-hydrogen) atoms. The number of para-hydroxylation sites is 2. The van der Waals surface area contributed by atoms with Crippen LogP contribution >= 0.6 is 0 Å². The Kier molecular flexibility index (Phi) is 7.42. The van der Waals surface area contributed by atoms with Gasteiger partial charge in [-0.1, -0.05) is 12.1 Å². The van der Waals surface area contributed by atoms with Crippen LogP contribution in [0.25, 0.3) is 0 Å². The van der Waals surface area contributed by atoms with E-state index in [0.717, 1.165) is 18.8 Å². The minimum Gasteiger partial charge on any atom is -0.492 e. The van der Waals surface area contributed by atoms with E-state index < -0.39 is 6.10 Å². The second-order valence-corrected chi connectivity index (χ2v) is 7.97. The number of nitrogens with zero attached hydrogens (tertiary/aromatic N) is 2. The lowest BCUT2D eigenvalue weighted by molar-refractivity contribution is -0.123. The zero-order valence-electron chi connectivity index (χ0n) is 19.8. The molecule has 0 saturated carbocycles. The fourth-order valence-electron chi connectivity index (χ4n) is 4.13. The first-order chi connectivity index (χ1) is 16.5. The second-order valence-electron chi connectivity index (χ2n) is 7.97. The Hall–Kier alpha value is -3.46. The molecule has 2 aromatic rings. The summed E-state index contributed by atoms with van der Waals surface area (Å²) in [5.74, 6) is 1.16. The van der Waals surface area contributed by atoms with Crippen LogP contribution in [0.2, 0.25) is 0 Å². The zero-order chi connectivity index (χ0) is 24.1. The van der Waals surface area contributed by atoms with E-state index in [0.29, 0.717) is 55.1 Å². The third-order valence-electron chi connectivity index (χ3n) is 5.72. The van der Waals surface area contributed by atoms with E-state index in [2.05, 4.69) is 10.2 Å². The summed E-state index contributed by atoms with van der Waals surface area (Å²) >= 11 is 0. The molecule has 1 unspecified atom stereocenters. The van der Waals surface area contributed by atoms with Gasteiger partial charge in [-0.05, 0) is 26.0 Å². The van der Waals surface area contributed by atoms with Crippen LogP contribution in [0.3, 0.4) is 0 Å². The fourth-order valence-corrected chi connectivity index (χ4v) is 4.13. The maximum Gasteiger partial charge on any atom is 0.267 e. The van der Waals surface area contributed by atoms with Gasteiger partial charge in [0.15, 0.2) is 6.10 Å². The van der Waals surface area contributed by atoms with Crippen molar-refractivity contribution in [2.24, 2.45) is 0 Å². The van der Waals surface area contributed by atoms with Crippen molar-refractivity contribution in [1.82, 2.24) is 0 Å². The molecule has 9 nitrogen and oxygen atoms in total. The summed E-state index contributed by atoms with van der Waals surface area (Å²) in [6, 6.07) is 10.9. The quantitative estimate of drug-likeness (QED) is 0.667. The molecule has 1 fully saturated rings. The number of nitrogens with one attached hydrogen (secondary N) is 1. The van der Waals surface area contributed by atoms with Crippen molar-refractivity contribution in [3.05, 3.63) is 36.4 Å². The highest BCUT2D eigenvalue weighted by Crippen LogP contribution is 2.40. The third kappa shape index (κ3) is 5.04. The minimum absolute atomic E-state index is 0.117. The number of anilines is 3. The van der Waals surface area contributed by atoms with Gasteiger partial charge >= 0.3 is 0 Å². The highest BCUT2D eigenvalue weighted by Gasteiger charge is 2.33. The van der Waals surface area contributed by atoms with Crippen molar-refractivity contribution in [1.29, 1.82) is 0 Å². The number of carbonyl (C=O) groups excluding carboxylic acids is 2. The average molecular weight is 470 g/mol. The number of amides is 2. The van der Waals surface area contributed by atoms with Crippen molar-refractivity contribution in [3.8, 4) is 17.2 Å². The average Bonchev–Trinajstić information content (AvgIpc) is 2.85. The molecule has 1 atom stereocenters. The highest BCUT2D eigenvalue weighted by molar-refractivity contribution is 6.00. The smallest absolute Gasteiger partial charge is 0.267 e. The van der Waals surface area contributed by atoms with Gasteiger partial charge in [0.1, 0.15) is 17.2 Å². The summed E-state index contributed by atoms with van der Waals surface area (Å²) in [6.07, 6.45) is -0.872. The molecule has 182 valence electrons. The number of fused-ring (bicyclic) bond motifs is 1. The molecule has 0 bridgehead atoms. The van der Waals surface area contributed by atoms with E-state index in [4.69, 9.17) is 18.9 Å². The van der Waals surface area contributed by atoms with Crippen LogP contribution in [0.4, 0.5) is 17.1 Å². The van der Waals surface area contributed by atoms with Crippen LogP contribution in [0.5, 0.6) is 17.2 Å². The Morgan fingerprint density at radius 3 is 2.44 bits per heavy atom. The lowest BCUT2D eigenvalue weighted by Gasteiger charge is -2.34. The molecule has 1 saturated heterocycles. The standard InChI is InChI=1S/C25H31N3O6/c1-4-32-22-15-20(27-10-12-31-13-11-27)23(33-5-2)14-18(22)26-25(30)24-16-28(17(3)29)19-8-6-7-9-21(19)34-24/h6-9,14-15,24H,4-5,10-13,16H2,1-3H3,(H,26,30). The second kappa shape index (κ2) is 10.6. The molecule has 0 aliphatic carbocycles. The maximum absolute atomic E-state index is 13.3. The lowest BCUT2D eigenvalue weighted by atomic mass is 10.1. The molecular weight excluding hydrogens is 438 g/mol. The van der Waals surface area contributed by atoms with Gasteiger partial charge in [-0.25, -0.2) is 0 Å². The van der Waals surface area contributed by atoms with E-state index in [9.17, 15) is 9.59 Å². The zero-order valence-corrected chi connectivity index (χ0v) is 19.8. The number of morpholine rings is 1. The molecule has 2 aliphatic rings. The summed E-state index contributed by atoms with van der Waals surface area (Å²) in [4.78, 5) is 29.2. The van der Waals surface area contributed by atoms with Gasteiger partial charge in [0, 0.05) is 32.1 Å². The minimum atomic E-state index is -0.872. The van der Waals surface area contributed by atoms with Crippen LogP contribution < -0.4 is 29.3 Å². The van der Waals surface area contributed by atoms with Crippen LogP contribution in [0, 0.1) is 0 Å². The van der Waals surface area contributed by atoms with E-state index >= 15 is 0 Å². The Morgan fingerprint density at radius 2 is 1.74 bits per heavy atom. The van der Waals surface area contributed by atoms with Gasteiger partial charge in [0.25, 0.3) is 5.91 Å². The Labute approximate surface area is 199 Å². The molecule has 1 N–H and O–H groups in total. The molecule has 0 radical (unpaired) electrons. The number of hydrogen-bond donors (Lipinski definition) is 1. The first kappa shape index (κ1) is 23.7. The van der Waals surface area contributed by atoms with Crippen LogP contribution in [0.1, 0.15) is 20.8 Å². The monoisotopic (exact) mass is 469 g/mol. The first-order valence-electron chi connectivity index (χ1n) is 11.6. The number of ether oxygens (including phenoxy) is 4. The Balaban J connectivity index is 1.61. The molecule has 9 heteroatoms. The van der Waals surface area contributed by atoms with Crippen molar-refractivity contribution >= 4 is 28.9 Å². The summed E-state index contributed by atoms with van der Waals surface area (Å²) in [6.45, 7) is 9.09. The van der Waals surface area contributed by atoms with E-state index in [1.165, 1.54) is 6.92 Å². The van der Waals surface area contributed by atoms with Crippen LogP contribution in [0.15, 0.2) is 36.4 Å². The van der Waals surface area contributed by atoms with Crippen LogP contribution in [-0.2, 0) is 14.3 Å². The number of hydrogen-bond acceptors (Lipinski definition) is 7. The molecule has 2 aliphatic heterocycles. The van der Waals surface area contributed by atoms with Crippen molar-refractivity contribution in [2.75, 3.05) is 61.2 Å². The number of rotatable bonds is 7. The predicted molar refractivity (Wildman–Crippen MR) is 129 cm³/mol. The summed E-state index contributed by atoms with van der Waals surface area (Å²) in [5.41, 5.74) is 2.05. The van der Waals surface area contributed by atoms with Gasteiger partial charge in [-0.2, -0.15) is 0 Å². The van der Waals surface area contributed by atoms with Gasteiger partial charge in [0.2, 0.25) is 5.91 Å². The molecule has 0 spiro atoms. The molecule has 2 amide bonds. The molecule has 2 heterocycles. The Bertz CT molecular complexity index is 1040.